The lowest BCUT2D eigenvalue weighted by atomic mass is 9.64. The molecular formula is C21H22O. The summed E-state index contributed by atoms with van der Waals surface area (Å²) in [5, 5.41) is 11.2. The van der Waals surface area contributed by atoms with E-state index < -0.39 is 5.60 Å². The van der Waals surface area contributed by atoms with E-state index in [0.717, 1.165) is 24.8 Å². The summed E-state index contributed by atoms with van der Waals surface area (Å²) in [7, 11) is 0. The molecule has 2 aromatic rings. The Kier molecular flexibility index (Phi) is 3.38. The van der Waals surface area contributed by atoms with Gasteiger partial charge in [0, 0.05) is 0 Å². The fraction of sp³-hybridized carbons (Fsp3) is 0.333. The van der Waals surface area contributed by atoms with Gasteiger partial charge >= 0.3 is 0 Å². The van der Waals surface area contributed by atoms with Crippen LogP contribution in [-0.4, -0.2) is 5.11 Å². The van der Waals surface area contributed by atoms with Gasteiger partial charge in [-0.3, -0.25) is 0 Å². The largest absolute Gasteiger partial charge is 0.385 e. The molecule has 2 aliphatic carbocycles. The number of rotatable bonds is 2. The van der Waals surface area contributed by atoms with Crippen LogP contribution in [0.15, 0.2) is 66.7 Å². The minimum absolute atomic E-state index is 0.493. The predicted octanol–water partition coefficient (Wildman–Crippen LogP) is 4.78. The molecule has 1 saturated carbocycles. The van der Waals surface area contributed by atoms with Crippen LogP contribution < -0.4 is 0 Å². The molecule has 1 heteroatoms. The highest BCUT2D eigenvalue weighted by Crippen LogP contribution is 2.49. The molecule has 0 unspecified atom stereocenters. The van der Waals surface area contributed by atoms with Gasteiger partial charge in [0.1, 0.15) is 0 Å². The van der Waals surface area contributed by atoms with Crippen LogP contribution >= 0.6 is 0 Å². The highest BCUT2D eigenvalue weighted by molar-refractivity contribution is 5.67. The van der Waals surface area contributed by atoms with Gasteiger partial charge in [0.15, 0.2) is 0 Å². The quantitative estimate of drug-likeness (QED) is 0.844. The fourth-order valence-corrected chi connectivity index (χ4v) is 4.39. The maximum atomic E-state index is 11.2. The Hall–Kier alpha value is -1.86. The van der Waals surface area contributed by atoms with Gasteiger partial charge in [0.05, 0.1) is 5.60 Å². The van der Waals surface area contributed by atoms with Crippen molar-refractivity contribution in [2.75, 3.05) is 0 Å². The number of fused-ring (bicyclic) bond motifs is 2. The molecule has 1 N–H and O–H groups in total. The van der Waals surface area contributed by atoms with Crippen LogP contribution in [0.3, 0.4) is 0 Å². The fourth-order valence-electron chi connectivity index (χ4n) is 4.39. The minimum Gasteiger partial charge on any atom is -0.385 e. The molecule has 2 aromatic carbocycles. The normalized spacial score (nSPS) is 30.7. The molecule has 1 nitrogen and oxygen atoms in total. The number of allylic oxidation sites excluding steroid dienone is 2. The van der Waals surface area contributed by atoms with Crippen molar-refractivity contribution in [2.45, 2.75) is 31.3 Å². The zero-order chi connectivity index (χ0) is 15.0. The Morgan fingerprint density at radius 2 is 1.55 bits per heavy atom. The number of hydrogen-bond acceptors (Lipinski definition) is 1. The van der Waals surface area contributed by atoms with E-state index in [-0.39, 0.29) is 0 Å². The summed E-state index contributed by atoms with van der Waals surface area (Å²) in [6, 6.07) is 20.9. The molecule has 0 spiro atoms. The van der Waals surface area contributed by atoms with E-state index in [0.29, 0.717) is 11.8 Å². The van der Waals surface area contributed by atoms with Crippen molar-refractivity contribution in [1.29, 1.82) is 0 Å². The smallest absolute Gasteiger partial charge is 0.0904 e. The molecule has 0 aliphatic heterocycles. The van der Waals surface area contributed by atoms with E-state index in [1.165, 1.54) is 17.6 Å². The topological polar surface area (TPSA) is 20.2 Å². The first-order valence-corrected chi connectivity index (χ1v) is 8.27. The summed E-state index contributed by atoms with van der Waals surface area (Å²) >= 11 is 0. The second-order valence-corrected chi connectivity index (χ2v) is 6.93. The van der Waals surface area contributed by atoms with Crippen molar-refractivity contribution in [3.8, 4) is 0 Å². The molecule has 0 heterocycles. The van der Waals surface area contributed by atoms with Gasteiger partial charge in [-0.2, -0.15) is 0 Å². The third kappa shape index (κ3) is 2.50. The van der Waals surface area contributed by atoms with E-state index >= 15 is 0 Å². The lowest BCUT2D eigenvalue weighted by Crippen LogP contribution is -2.38. The van der Waals surface area contributed by atoms with E-state index in [1.54, 1.807) is 0 Å². The van der Waals surface area contributed by atoms with E-state index in [1.807, 2.05) is 18.2 Å². The summed E-state index contributed by atoms with van der Waals surface area (Å²) < 4.78 is 0. The molecule has 4 rings (SSSR count). The van der Waals surface area contributed by atoms with Crippen LogP contribution in [0.4, 0.5) is 0 Å². The number of benzene rings is 2. The van der Waals surface area contributed by atoms with Crippen molar-refractivity contribution in [3.05, 3.63) is 77.9 Å². The second-order valence-electron chi connectivity index (χ2n) is 6.93. The first kappa shape index (κ1) is 13.8. The first-order valence-electron chi connectivity index (χ1n) is 8.27. The van der Waals surface area contributed by atoms with Crippen molar-refractivity contribution in [3.63, 3.8) is 0 Å². The molecular weight excluding hydrogens is 268 g/mol. The van der Waals surface area contributed by atoms with Gasteiger partial charge in [0.25, 0.3) is 0 Å². The van der Waals surface area contributed by atoms with Crippen molar-refractivity contribution >= 4 is 5.57 Å². The highest BCUT2D eigenvalue weighted by atomic mass is 16.3. The van der Waals surface area contributed by atoms with Crippen molar-refractivity contribution in [2.24, 2.45) is 11.8 Å². The lowest BCUT2D eigenvalue weighted by molar-refractivity contribution is -0.0360. The zero-order valence-corrected chi connectivity index (χ0v) is 12.8. The van der Waals surface area contributed by atoms with Crippen LogP contribution in [-0.2, 0) is 5.60 Å². The van der Waals surface area contributed by atoms with Gasteiger partial charge in [-0.25, -0.2) is 0 Å². The molecule has 1 fully saturated rings. The molecule has 2 aliphatic rings. The number of hydrogen-bond donors (Lipinski definition) is 1. The molecule has 0 radical (unpaired) electrons. The molecule has 2 bridgehead atoms. The molecule has 112 valence electrons. The van der Waals surface area contributed by atoms with Crippen LogP contribution in [0.2, 0.25) is 0 Å². The highest BCUT2D eigenvalue weighted by Gasteiger charge is 2.41. The maximum Gasteiger partial charge on any atom is 0.0904 e. The molecule has 0 aromatic heterocycles. The van der Waals surface area contributed by atoms with Gasteiger partial charge in [-0.05, 0) is 54.2 Å². The summed E-state index contributed by atoms with van der Waals surface area (Å²) in [6.45, 7) is 0. The zero-order valence-electron chi connectivity index (χ0n) is 12.8. The standard InChI is InChI=1S/C21H22O/c22-21(20-9-5-2-6-10-20)14-16-11-17(15-21)13-19(12-16)18-7-3-1-4-8-18/h1-10,12,16-17,22H,11,13-15H2/t16-,17+,21+/m1/s1. The Bertz CT molecular complexity index is 674. The van der Waals surface area contributed by atoms with Crippen LogP contribution in [0.25, 0.3) is 5.57 Å². The Morgan fingerprint density at radius 3 is 2.23 bits per heavy atom. The van der Waals surface area contributed by atoms with E-state index in [2.05, 4.69) is 48.5 Å². The SMILES string of the molecule is O[C@@]1(c2ccccc2)C[C@H]2C=C(c3ccccc3)C[C@H](C2)C1. The van der Waals surface area contributed by atoms with Crippen molar-refractivity contribution < 1.29 is 5.11 Å². The Balaban J connectivity index is 1.63. The predicted molar refractivity (Wildman–Crippen MR) is 90.2 cm³/mol. The van der Waals surface area contributed by atoms with Crippen LogP contribution in [0.1, 0.15) is 36.8 Å². The Labute approximate surface area is 132 Å². The summed E-state index contributed by atoms with van der Waals surface area (Å²) in [6.07, 6.45) is 6.47. The lowest BCUT2D eigenvalue weighted by Gasteiger charge is -2.44. The summed E-state index contributed by atoms with van der Waals surface area (Å²) in [5.74, 6) is 1.08. The van der Waals surface area contributed by atoms with Gasteiger partial charge in [0.2, 0.25) is 0 Å². The molecule has 3 atom stereocenters. The Morgan fingerprint density at radius 1 is 0.864 bits per heavy atom. The maximum absolute atomic E-state index is 11.2. The van der Waals surface area contributed by atoms with Crippen LogP contribution in [0, 0.1) is 11.8 Å². The molecule has 0 saturated heterocycles. The number of aliphatic hydroxyl groups is 1. The third-order valence-corrected chi connectivity index (χ3v) is 5.26. The van der Waals surface area contributed by atoms with Gasteiger partial charge in [-0.15, -0.1) is 0 Å². The minimum atomic E-state index is -0.645. The average Bonchev–Trinajstić information content (AvgIpc) is 2.55. The second kappa shape index (κ2) is 5.40. The molecule has 22 heavy (non-hydrogen) atoms. The summed E-state index contributed by atoms with van der Waals surface area (Å²) in [5.41, 5.74) is 3.26. The monoisotopic (exact) mass is 290 g/mol. The van der Waals surface area contributed by atoms with Gasteiger partial charge < -0.3 is 5.11 Å². The average molecular weight is 290 g/mol. The third-order valence-electron chi connectivity index (χ3n) is 5.26. The molecule has 0 amide bonds. The summed E-state index contributed by atoms with van der Waals surface area (Å²) in [4.78, 5) is 0. The van der Waals surface area contributed by atoms with Crippen molar-refractivity contribution in [1.82, 2.24) is 0 Å². The van der Waals surface area contributed by atoms with Crippen LogP contribution in [0.5, 0.6) is 0 Å². The first-order chi connectivity index (χ1) is 10.7. The van der Waals surface area contributed by atoms with E-state index in [4.69, 9.17) is 0 Å². The van der Waals surface area contributed by atoms with Gasteiger partial charge in [-0.1, -0.05) is 66.7 Å². The van der Waals surface area contributed by atoms with E-state index in [9.17, 15) is 5.11 Å².